The Morgan fingerprint density at radius 3 is 2.88 bits per heavy atom. The smallest absolute Gasteiger partial charge is 0.308 e. The number of fused-ring (bicyclic) bond motifs is 1. The quantitative estimate of drug-likeness (QED) is 0.769. The summed E-state index contributed by atoms with van der Waals surface area (Å²) in [4.78, 5) is 11.3. The summed E-state index contributed by atoms with van der Waals surface area (Å²) in [7, 11) is 0. The molecule has 0 saturated carbocycles. The van der Waals surface area contributed by atoms with E-state index in [1.165, 1.54) is 11.1 Å². The summed E-state index contributed by atoms with van der Waals surface area (Å²) in [6.45, 7) is 1.47. The monoisotopic (exact) mass is 231 g/mol. The fourth-order valence-electron chi connectivity index (χ4n) is 3.43. The van der Waals surface area contributed by atoms with E-state index in [-0.39, 0.29) is 11.3 Å². The maximum atomic E-state index is 11.3. The van der Waals surface area contributed by atoms with E-state index in [4.69, 9.17) is 0 Å². The highest BCUT2D eigenvalue weighted by Crippen LogP contribution is 2.43. The van der Waals surface area contributed by atoms with Crippen LogP contribution in [0, 0.1) is 11.3 Å². The van der Waals surface area contributed by atoms with E-state index in [2.05, 4.69) is 29.6 Å². The molecule has 90 valence electrons. The van der Waals surface area contributed by atoms with E-state index in [1.807, 2.05) is 0 Å². The Morgan fingerprint density at radius 2 is 2.12 bits per heavy atom. The van der Waals surface area contributed by atoms with Gasteiger partial charge in [0.05, 0.1) is 5.92 Å². The number of nitrogens with one attached hydrogen (secondary N) is 1. The van der Waals surface area contributed by atoms with Crippen LogP contribution in [-0.4, -0.2) is 24.2 Å². The van der Waals surface area contributed by atoms with Gasteiger partial charge < -0.3 is 10.4 Å². The maximum absolute atomic E-state index is 11.3. The molecule has 2 aliphatic rings. The lowest BCUT2D eigenvalue weighted by Crippen LogP contribution is -2.39. The van der Waals surface area contributed by atoms with Crippen LogP contribution in [0.15, 0.2) is 24.3 Å². The summed E-state index contributed by atoms with van der Waals surface area (Å²) < 4.78 is 0. The minimum atomic E-state index is -0.644. The zero-order valence-corrected chi connectivity index (χ0v) is 9.78. The predicted octanol–water partition coefficient (Wildman–Crippen LogP) is 1.47. The number of hydrogen-bond acceptors (Lipinski definition) is 2. The first kappa shape index (κ1) is 10.8. The van der Waals surface area contributed by atoms with Crippen LogP contribution in [0.25, 0.3) is 0 Å². The Morgan fingerprint density at radius 1 is 1.35 bits per heavy atom. The molecule has 2 atom stereocenters. The van der Waals surface area contributed by atoms with Gasteiger partial charge in [-0.05, 0) is 30.4 Å². The lowest BCUT2D eigenvalue weighted by Gasteiger charge is -2.37. The van der Waals surface area contributed by atoms with Gasteiger partial charge in [0.1, 0.15) is 0 Å². The second kappa shape index (κ2) is 3.84. The van der Waals surface area contributed by atoms with Crippen LogP contribution < -0.4 is 5.32 Å². The van der Waals surface area contributed by atoms with E-state index in [0.717, 1.165) is 25.8 Å². The van der Waals surface area contributed by atoms with Crippen LogP contribution in [0.4, 0.5) is 0 Å². The van der Waals surface area contributed by atoms with Gasteiger partial charge in [-0.15, -0.1) is 0 Å². The number of aryl methyl sites for hydroxylation is 1. The molecular formula is C14H17NO2. The lowest BCUT2D eigenvalue weighted by molar-refractivity contribution is -0.145. The Kier molecular flexibility index (Phi) is 2.44. The number of aliphatic carboxylic acids is 1. The number of hydrogen-bond donors (Lipinski definition) is 2. The molecule has 2 N–H and O–H groups in total. The molecule has 0 amide bonds. The van der Waals surface area contributed by atoms with Crippen LogP contribution in [0.3, 0.4) is 0 Å². The molecule has 0 aromatic heterocycles. The third-order valence-electron chi connectivity index (χ3n) is 4.42. The highest BCUT2D eigenvalue weighted by atomic mass is 16.4. The fraction of sp³-hybridized carbons (Fsp3) is 0.500. The molecule has 2 unspecified atom stereocenters. The second-order valence-electron chi connectivity index (χ2n) is 5.33. The zero-order chi connectivity index (χ0) is 11.9. The molecule has 1 aliphatic carbocycles. The Labute approximate surface area is 101 Å². The van der Waals surface area contributed by atoms with Crippen molar-refractivity contribution in [2.75, 3.05) is 13.1 Å². The molecule has 1 fully saturated rings. The van der Waals surface area contributed by atoms with Crippen molar-refractivity contribution in [1.82, 2.24) is 5.32 Å². The van der Waals surface area contributed by atoms with Crippen molar-refractivity contribution in [3.05, 3.63) is 35.4 Å². The molecular weight excluding hydrogens is 214 g/mol. The normalized spacial score (nSPS) is 31.4. The number of carbonyl (C=O) groups is 1. The lowest BCUT2D eigenvalue weighted by atomic mass is 9.66. The largest absolute Gasteiger partial charge is 0.481 e. The van der Waals surface area contributed by atoms with Gasteiger partial charge in [-0.25, -0.2) is 0 Å². The van der Waals surface area contributed by atoms with Crippen molar-refractivity contribution in [3.8, 4) is 0 Å². The first-order valence-corrected chi connectivity index (χ1v) is 6.22. The van der Waals surface area contributed by atoms with Crippen molar-refractivity contribution < 1.29 is 9.90 Å². The minimum Gasteiger partial charge on any atom is -0.481 e. The molecule has 1 aliphatic heterocycles. The third-order valence-corrected chi connectivity index (χ3v) is 4.42. The van der Waals surface area contributed by atoms with Gasteiger partial charge in [0.25, 0.3) is 0 Å². The highest BCUT2D eigenvalue weighted by molar-refractivity contribution is 5.72. The summed E-state index contributed by atoms with van der Waals surface area (Å²) >= 11 is 0. The number of carboxylic acid groups (broad SMARTS) is 1. The Bertz CT molecular complexity index is 457. The SMILES string of the molecule is O=C(O)C1CNCC12CCc1ccccc1C2. The highest BCUT2D eigenvalue weighted by Gasteiger charge is 2.48. The molecule has 0 radical (unpaired) electrons. The Hall–Kier alpha value is -1.35. The number of benzene rings is 1. The van der Waals surface area contributed by atoms with E-state index in [9.17, 15) is 9.90 Å². The van der Waals surface area contributed by atoms with E-state index in [0.29, 0.717) is 6.54 Å². The molecule has 1 aromatic carbocycles. The molecule has 0 bridgehead atoms. The van der Waals surface area contributed by atoms with Crippen molar-refractivity contribution >= 4 is 5.97 Å². The molecule has 3 heteroatoms. The standard InChI is InChI=1S/C14H17NO2/c16-13(17)12-8-15-9-14(12)6-5-10-3-1-2-4-11(10)7-14/h1-4,12,15H,5-9H2,(H,16,17). The average molecular weight is 231 g/mol. The van der Waals surface area contributed by atoms with Crippen LogP contribution in [-0.2, 0) is 17.6 Å². The molecule has 1 saturated heterocycles. The molecule has 3 rings (SSSR count). The topological polar surface area (TPSA) is 49.3 Å². The van der Waals surface area contributed by atoms with Gasteiger partial charge in [0.2, 0.25) is 0 Å². The van der Waals surface area contributed by atoms with Crippen LogP contribution in [0.2, 0.25) is 0 Å². The predicted molar refractivity (Wildman–Crippen MR) is 64.9 cm³/mol. The van der Waals surface area contributed by atoms with E-state index >= 15 is 0 Å². The van der Waals surface area contributed by atoms with Crippen LogP contribution in [0.1, 0.15) is 17.5 Å². The van der Waals surface area contributed by atoms with Gasteiger partial charge >= 0.3 is 5.97 Å². The maximum Gasteiger partial charge on any atom is 0.308 e. The van der Waals surface area contributed by atoms with Gasteiger partial charge in [0.15, 0.2) is 0 Å². The molecule has 1 spiro atoms. The van der Waals surface area contributed by atoms with Gasteiger partial charge in [0, 0.05) is 18.5 Å². The van der Waals surface area contributed by atoms with Crippen molar-refractivity contribution in [2.45, 2.75) is 19.3 Å². The van der Waals surface area contributed by atoms with Gasteiger partial charge in [-0.1, -0.05) is 24.3 Å². The van der Waals surface area contributed by atoms with E-state index in [1.54, 1.807) is 0 Å². The second-order valence-corrected chi connectivity index (χ2v) is 5.33. The molecule has 1 heterocycles. The van der Waals surface area contributed by atoms with Gasteiger partial charge in [-0.2, -0.15) is 0 Å². The van der Waals surface area contributed by atoms with Crippen molar-refractivity contribution in [3.63, 3.8) is 0 Å². The van der Waals surface area contributed by atoms with Gasteiger partial charge in [-0.3, -0.25) is 4.79 Å². The van der Waals surface area contributed by atoms with Crippen molar-refractivity contribution in [1.29, 1.82) is 0 Å². The fourth-order valence-corrected chi connectivity index (χ4v) is 3.43. The first-order chi connectivity index (χ1) is 8.21. The average Bonchev–Trinajstić information content (AvgIpc) is 2.72. The summed E-state index contributed by atoms with van der Waals surface area (Å²) in [5, 5.41) is 12.6. The summed E-state index contributed by atoms with van der Waals surface area (Å²) in [5.74, 6) is -0.870. The van der Waals surface area contributed by atoms with Crippen LogP contribution in [0.5, 0.6) is 0 Å². The van der Waals surface area contributed by atoms with E-state index < -0.39 is 5.97 Å². The molecule has 17 heavy (non-hydrogen) atoms. The molecule has 3 nitrogen and oxygen atoms in total. The zero-order valence-electron chi connectivity index (χ0n) is 9.78. The summed E-state index contributed by atoms with van der Waals surface area (Å²) in [6.07, 6.45) is 2.92. The number of carboxylic acids is 1. The Balaban J connectivity index is 1.94. The third kappa shape index (κ3) is 1.65. The van der Waals surface area contributed by atoms with Crippen molar-refractivity contribution in [2.24, 2.45) is 11.3 Å². The number of rotatable bonds is 1. The molecule has 1 aromatic rings. The summed E-state index contributed by atoms with van der Waals surface area (Å²) in [6, 6.07) is 8.43. The van der Waals surface area contributed by atoms with Crippen LogP contribution >= 0.6 is 0 Å². The summed E-state index contributed by atoms with van der Waals surface area (Å²) in [5.41, 5.74) is 2.68. The first-order valence-electron chi connectivity index (χ1n) is 6.22. The minimum absolute atomic E-state index is 0.0554.